The number of benzene rings is 2. The van der Waals surface area contributed by atoms with Gasteiger partial charge in [-0.2, -0.15) is 0 Å². The van der Waals surface area contributed by atoms with Crippen molar-refractivity contribution in [1.29, 1.82) is 0 Å². The van der Waals surface area contributed by atoms with Gasteiger partial charge >= 0.3 is 5.97 Å². The molecule has 3 aliphatic rings. The maximum Gasteiger partial charge on any atom is 0.303 e. The zero-order chi connectivity index (χ0) is 27.7. The molecular weight excluding hydrogens is 526 g/mol. The first-order valence-corrected chi connectivity index (χ1v) is 13.7. The lowest BCUT2D eigenvalue weighted by atomic mass is 9.64. The van der Waals surface area contributed by atoms with E-state index in [0.717, 1.165) is 0 Å². The molecule has 3 fully saturated rings. The van der Waals surface area contributed by atoms with Crippen LogP contribution in [0.2, 0.25) is 5.02 Å². The number of nitrogens with zero attached hydrogens (tertiary/aromatic N) is 1. The van der Waals surface area contributed by atoms with E-state index in [-0.39, 0.29) is 55.0 Å². The van der Waals surface area contributed by atoms with Crippen molar-refractivity contribution >= 4 is 29.4 Å². The molecule has 2 aromatic rings. The molecule has 0 radical (unpaired) electrons. The van der Waals surface area contributed by atoms with Gasteiger partial charge in [0, 0.05) is 24.8 Å². The third kappa shape index (κ3) is 5.35. The summed E-state index contributed by atoms with van der Waals surface area (Å²) in [5, 5.41) is 31.0. The van der Waals surface area contributed by atoms with Crippen LogP contribution in [0.15, 0.2) is 48.5 Å². The maximum atomic E-state index is 13.6. The number of carboxylic acids is 1. The summed E-state index contributed by atoms with van der Waals surface area (Å²) in [6.07, 6.45) is 1.48. The molecule has 208 valence electrons. The van der Waals surface area contributed by atoms with E-state index in [1.165, 1.54) is 17.0 Å². The van der Waals surface area contributed by atoms with Crippen molar-refractivity contribution in [2.75, 3.05) is 13.2 Å². The topological polar surface area (TPSA) is 134 Å². The zero-order valence-corrected chi connectivity index (χ0v) is 22.1. The van der Waals surface area contributed by atoms with Gasteiger partial charge in [-0.3, -0.25) is 19.3 Å². The van der Waals surface area contributed by atoms with Crippen LogP contribution in [-0.2, 0) is 19.1 Å². The van der Waals surface area contributed by atoms with Crippen molar-refractivity contribution in [3.63, 3.8) is 0 Å². The summed E-state index contributed by atoms with van der Waals surface area (Å²) < 4.78 is 12.3. The zero-order valence-electron chi connectivity index (χ0n) is 21.4. The second-order valence-electron chi connectivity index (χ2n) is 10.6. The first-order chi connectivity index (χ1) is 18.7. The number of likely N-dealkylation sites (tertiary alicyclic amines) is 1. The lowest BCUT2D eigenvalue weighted by Gasteiger charge is -2.44. The minimum atomic E-state index is -1.73. The van der Waals surface area contributed by atoms with E-state index >= 15 is 0 Å². The number of carbonyl (C=O) groups excluding carboxylic acids is 2. The van der Waals surface area contributed by atoms with Crippen LogP contribution in [-0.4, -0.2) is 56.9 Å². The normalized spacial score (nSPS) is 29.8. The highest BCUT2D eigenvalue weighted by Crippen LogP contribution is 2.58. The highest BCUT2D eigenvalue weighted by molar-refractivity contribution is 6.31. The summed E-state index contributed by atoms with van der Waals surface area (Å²) in [7, 11) is 0. The Labute approximate surface area is 231 Å². The van der Waals surface area contributed by atoms with E-state index in [0.29, 0.717) is 30.6 Å². The first-order valence-electron chi connectivity index (χ1n) is 13.3. The predicted molar refractivity (Wildman–Crippen MR) is 140 cm³/mol. The minimum Gasteiger partial charge on any atom is -0.508 e. The van der Waals surface area contributed by atoms with E-state index in [1.807, 2.05) is 18.2 Å². The molecule has 2 aliphatic heterocycles. The number of hydrogen-bond acceptors (Lipinski definition) is 7. The highest BCUT2D eigenvalue weighted by atomic mass is 35.5. The molecule has 2 saturated heterocycles. The quantitative estimate of drug-likeness (QED) is 0.293. The molecule has 39 heavy (non-hydrogen) atoms. The van der Waals surface area contributed by atoms with Crippen LogP contribution in [0.25, 0.3) is 0 Å². The van der Waals surface area contributed by atoms with Gasteiger partial charge in [0.05, 0.1) is 29.6 Å². The molecule has 0 bridgehead atoms. The van der Waals surface area contributed by atoms with Gasteiger partial charge in [0.25, 0.3) is 0 Å². The average molecular weight is 558 g/mol. The van der Waals surface area contributed by atoms with E-state index in [9.17, 15) is 24.6 Å². The number of ether oxygens (including phenoxy) is 2. The molecule has 2 aromatic carbocycles. The number of carboxylic acid groups (broad SMARTS) is 1. The third-order valence-corrected chi connectivity index (χ3v) is 8.58. The third-order valence-electron chi connectivity index (χ3n) is 8.25. The molecule has 0 spiro atoms. The number of imide groups is 1. The average Bonchev–Trinajstić information content (AvgIpc) is 3.37. The molecule has 1 aliphatic carbocycles. The minimum absolute atomic E-state index is 0.00244. The van der Waals surface area contributed by atoms with Crippen molar-refractivity contribution in [3.8, 4) is 11.5 Å². The van der Waals surface area contributed by atoms with Crippen LogP contribution in [0.4, 0.5) is 0 Å². The van der Waals surface area contributed by atoms with Crippen LogP contribution < -0.4 is 4.74 Å². The van der Waals surface area contributed by atoms with Gasteiger partial charge in [-0.05, 0) is 55.5 Å². The fraction of sp³-hybridized carbons (Fsp3) is 0.483. The molecule has 9 nitrogen and oxygen atoms in total. The summed E-state index contributed by atoms with van der Waals surface area (Å²) in [5.74, 6) is -5.16. The lowest BCUT2D eigenvalue weighted by molar-refractivity contribution is -0.272. The van der Waals surface area contributed by atoms with E-state index in [4.69, 9.17) is 26.2 Å². The number of unbranched alkanes of at least 4 members (excludes halogenated alkanes) is 2. The van der Waals surface area contributed by atoms with Crippen molar-refractivity contribution in [1.82, 2.24) is 4.90 Å². The highest BCUT2D eigenvalue weighted by Gasteiger charge is 2.66. The largest absolute Gasteiger partial charge is 0.508 e. The Balaban J connectivity index is 1.39. The summed E-state index contributed by atoms with van der Waals surface area (Å²) in [6, 6.07) is 13.7. The van der Waals surface area contributed by atoms with Crippen LogP contribution in [0.5, 0.6) is 11.5 Å². The van der Waals surface area contributed by atoms with Gasteiger partial charge in [-0.15, -0.1) is 0 Å². The number of aromatic hydroxyl groups is 1. The van der Waals surface area contributed by atoms with Crippen molar-refractivity contribution in [2.45, 2.75) is 50.4 Å². The Morgan fingerprint density at radius 2 is 1.85 bits per heavy atom. The van der Waals surface area contributed by atoms with Crippen LogP contribution in [0.1, 0.15) is 50.2 Å². The van der Waals surface area contributed by atoms with Crippen LogP contribution >= 0.6 is 11.6 Å². The number of para-hydroxylation sites is 1. The van der Waals surface area contributed by atoms with Crippen molar-refractivity contribution in [3.05, 3.63) is 59.1 Å². The molecule has 0 unspecified atom stereocenters. The second-order valence-corrected chi connectivity index (χ2v) is 11.0. The molecule has 2 amide bonds. The number of phenolic OH excluding ortho intramolecular Hbond substituents is 1. The fourth-order valence-electron chi connectivity index (χ4n) is 6.37. The van der Waals surface area contributed by atoms with E-state index in [1.54, 1.807) is 18.2 Å². The van der Waals surface area contributed by atoms with Crippen molar-refractivity contribution in [2.24, 2.45) is 23.7 Å². The smallest absolute Gasteiger partial charge is 0.303 e. The number of phenols is 1. The Hall–Kier alpha value is -3.14. The molecule has 0 aromatic heterocycles. The molecule has 3 N–H and O–H groups in total. The maximum absolute atomic E-state index is 13.6. The number of hydrogen-bond donors (Lipinski definition) is 3. The van der Waals surface area contributed by atoms with E-state index in [2.05, 4.69) is 0 Å². The van der Waals surface area contributed by atoms with Gasteiger partial charge in [0.2, 0.25) is 11.8 Å². The molecule has 1 saturated carbocycles. The van der Waals surface area contributed by atoms with Gasteiger partial charge < -0.3 is 24.8 Å². The lowest BCUT2D eigenvalue weighted by Crippen LogP contribution is -2.55. The molecule has 2 heterocycles. The number of aliphatic hydroxyl groups is 1. The summed E-state index contributed by atoms with van der Waals surface area (Å²) in [4.78, 5) is 39.1. The van der Waals surface area contributed by atoms with Gasteiger partial charge in [0.15, 0.2) is 5.79 Å². The predicted octanol–water partition coefficient (Wildman–Crippen LogP) is 4.16. The number of carbonyl (C=O) groups is 3. The van der Waals surface area contributed by atoms with Gasteiger partial charge in [-0.25, -0.2) is 0 Å². The Bertz CT molecular complexity index is 1240. The van der Waals surface area contributed by atoms with Gasteiger partial charge in [-0.1, -0.05) is 42.3 Å². The molecule has 6 atom stereocenters. The number of rotatable bonds is 10. The van der Waals surface area contributed by atoms with Crippen molar-refractivity contribution < 1.29 is 39.2 Å². The summed E-state index contributed by atoms with van der Waals surface area (Å²) >= 11 is 6.41. The monoisotopic (exact) mass is 557 g/mol. The standard InChI is InChI=1S/C29H32ClNO8/c30-23-14-18(32)10-11-20(23)24-15-22-26-21(27(35)31(28(26)36)12-6-2-5-9-25(33)34)13-17(29(22,37)39-24)16-38-19-7-3-1-4-8-19/h1,3-4,7-8,10-11,14,17,21-22,24,26,32,37H,2,5-6,9,12-13,15-16H2,(H,33,34)/t17-,21+,22+,24+,26+,29-/m1/s1. The summed E-state index contributed by atoms with van der Waals surface area (Å²) in [5.41, 5.74) is 0.587. The molecular formula is C29H32ClNO8. The SMILES string of the molecule is O=C(O)CCCCCN1C(=O)[C@H]2[C@H](C[C@H](COc3ccccc3)[C@@]3(O)O[C@H](c4ccc(O)cc4Cl)C[C@@H]23)C1=O. The number of aliphatic carboxylic acids is 1. The first kappa shape index (κ1) is 27.4. The molecule has 5 rings (SSSR count). The Morgan fingerprint density at radius 1 is 1.08 bits per heavy atom. The van der Waals surface area contributed by atoms with Crippen LogP contribution in [0, 0.1) is 23.7 Å². The van der Waals surface area contributed by atoms with Gasteiger partial charge in [0.1, 0.15) is 11.5 Å². The second kappa shape index (κ2) is 11.2. The fourth-order valence-corrected chi connectivity index (χ4v) is 6.66. The number of fused-ring (bicyclic) bond motifs is 3. The van der Waals surface area contributed by atoms with Crippen LogP contribution in [0.3, 0.4) is 0 Å². The number of amides is 2. The summed E-state index contributed by atoms with van der Waals surface area (Å²) in [6.45, 7) is 0.307. The van der Waals surface area contributed by atoms with E-state index < -0.39 is 41.5 Å². The number of halogens is 1. The Kier molecular flexibility index (Phi) is 7.84. The Morgan fingerprint density at radius 3 is 2.56 bits per heavy atom. The molecule has 10 heteroatoms.